The first-order valence-electron chi connectivity index (χ1n) is 4.34. The molecule has 0 saturated heterocycles. The monoisotopic (exact) mass is 292 g/mol. The number of aromatic amines is 1. The lowest BCUT2D eigenvalue weighted by atomic mass is 10.2. The highest BCUT2D eigenvalue weighted by Crippen LogP contribution is 2.10. The van der Waals surface area contributed by atoms with Gasteiger partial charge in [-0.1, -0.05) is 20.8 Å². The van der Waals surface area contributed by atoms with E-state index in [-0.39, 0.29) is 11.5 Å². The van der Waals surface area contributed by atoms with Crippen LogP contribution in [-0.2, 0) is 6.42 Å². The number of rotatable bonds is 2. The largest absolute Gasteiger partial charge is 0.309 e. The molecule has 0 unspecified atom stereocenters. The number of aromatic nitrogens is 2. The first-order chi connectivity index (χ1) is 6.06. The highest BCUT2D eigenvalue weighted by Gasteiger charge is 2.08. The number of halogens is 1. The molecular weight excluding hydrogens is 279 g/mol. The maximum absolute atomic E-state index is 11.4. The summed E-state index contributed by atoms with van der Waals surface area (Å²) in [6.45, 7) is 6.04. The summed E-state index contributed by atoms with van der Waals surface area (Å²) in [5.41, 5.74) is 0.879. The van der Waals surface area contributed by atoms with Crippen molar-refractivity contribution < 1.29 is 0 Å². The fourth-order valence-electron chi connectivity index (χ4n) is 1.03. The minimum atomic E-state index is -0.0175. The van der Waals surface area contributed by atoms with Gasteiger partial charge in [0.15, 0.2) is 0 Å². The second kappa shape index (κ2) is 4.21. The molecule has 0 bridgehead atoms. The first-order valence-corrected chi connectivity index (χ1v) is 5.42. The number of hydrogen-bond acceptors (Lipinski definition) is 2. The molecule has 0 amide bonds. The standard InChI is InChI=1S/C9H13IN2O/c1-4-6-7(10)9(13)12-8(11-6)5(2)3/h5H,4H2,1-3H3,(H,11,12,13). The van der Waals surface area contributed by atoms with E-state index < -0.39 is 0 Å². The van der Waals surface area contributed by atoms with Crippen molar-refractivity contribution in [1.82, 2.24) is 9.97 Å². The Balaban J connectivity index is 3.31. The van der Waals surface area contributed by atoms with Crippen molar-refractivity contribution >= 4 is 22.6 Å². The van der Waals surface area contributed by atoms with Crippen LogP contribution in [0.3, 0.4) is 0 Å². The zero-order valence-electron chi connectivity index (χ0n) is 8.02. The average molecular weight is 292 g/mol. The number of H-pyrrole nitrogens is 1. The van der Waals surface area contributed by atoms with Gasteiger partial charge in [-0.25, -0.2) is 4.98 Å². The van der Waals surface area contributed by atoms with E-state index in [1.54, 1.807) is 0 Å². The molecule has 0 aliphatic heterocycles. The SMILES string of the molecule is CCc1nc(C(C)C)[nH]c(=O)c1I. The molecule has 0 radical (unpaired) electrons. The van der Waals surface area contributed by atoms with Crippen LogP contribution >= 0.6 is 22.6 Å². The average Bonchev–Trinajstić information content (AvgIpc) is 2.09. The Labute approximate surface area is 91.1 Å². The van der Waals surface area contributed by atoms with E-state index >= 15 is 0 Å². The van der Waals surface area contributed by atoms with Crippen LogP contribution in [0.25, 0.3) is 0 Å². The third kappa shape index (κ3) is 2.30. The maximum atomic E-state index is 11.4. The van der Waals surface area contributed by atoms with Crippen molar-refractivity contribution in [2.24, 2.45) is 0 Å². The third-order valence-corrected chi connectivity index (χ3v) is 2.94. The van der Waals surface area contributed by atoms with Gasteiger partial charge in [-0.2, -0.15) is 0 Å². The molecule has 1 rings (SSSR count). The molecule has 1 heterocycles. The molecule has 72 valence electrons. The smallest absolute Gasteiger partial charge is 0.264 e. The molecule has 0 spiro atoms. The molecule has 0 atom stereocenters. The predicted molar refractivity (Wildman–Crippen MR) is 61.0 cm³/mol. The van der Waals surface area contributed by atoms with Crippen molar-refractivity contribution in [2.45, 2.75) is 33.1 Å². The molecule has 1 N–H and O–H groups in total. The highest BCUT2D eigenvalue weighted by molar-refractivity contribution is 14.1. The van der Waals surface area contributed by atoms with Crippen LogP contribution < -0.4 is 5.56 Å². The molecule has 1 aromatic rings. The van der Waals surface area contributed by atoms with Gasteiger partial charge < -0.3 is 4.98 Å². The van der Waals surface area contributed by atoms with E-state index in [0.717, 1.165) is 17.9 Å². The normalized spacial score (nSPS) is 10.8. The number of nitrogens with one attached hydrogen (secondary N) is 1. The summed E-state index contributed by atoms with van der Waals surface area (Å²) < 4.78 is 0.713. The van der Waals surface area contributed by atoms with Crippen LogP contribution in [0, 0.1) is 3.57 Å². The molecule has 0 aromatic carbocycles. The zero-order valence-corrected chi connectivity index (χ0v) is 10.2. The van der Waals surface area contributed by atoms with E-state index in [0.29, 0.717) is 3.57 Å². The summed E-state index contributed by atoms with van der Waals surface area (Å²) in [4.78, 5) is 18.6. The molecule has 0 fully saturated rings. The van der Waals surface area contributed by atoms with E-state index in [1.807, 2.05) is 43.4 Å². The fraction of sp³-hybridized carbons (Fsp3) is 0.556. The number of nitrogens with zero attached hydrogens (tertiary/aromatic N) is 1. The van der Waals surface area contributed by atoms with Gasteiger partial charge in [0.2, 0.25) is 0 Å². The van der Waals surface area contributed by atoms with E-state index in [4.69, 9.17) is 0 Å². The first kappa shape index (κ1) is 10.7. The van der Waals surface area contributed by atoms with Crippen molar-refractivity contribution in [3.63, 3.8) is 0 Å². The summed E-state index contributed by atoms with van der Waals surface area (Å²) in [7, 11) is 0. The van der Waals surface area contributed by atoms with Crippen LogP contribution in [0.4, 0.5) is 0 Å². The Morgan fingerprint density at radius 2 is 2.15 bits per heavy atom. The fourth-order valence-corrected chi connectivity index (χ4v) is 1.67. The van der Waals surface area contributed by atoms with Crippen LogP contribution in [0.5, 0.6) is 0 Å². The molecule has 3 nitrogen and oxygen atoms in total. The van der Waals surface area contributed by atoms with Gasteiger partial charge in [-0.3, -0.25) is 4.79 Å². The van der Waals surface area contributed by atoms with Gasteiger partial charge in [-0.15, -0.1) is 0 Å². The van der Waals surface area contributed by atoms with Crippen LogP contribution in [0.1, 0.15) is 38.2 Å². The van der Waals surface area contributed by atoms with Gasteiger partial charge in [-0.05, 0) is 29.0 Å². The lowest BCUT2D eigenvalue weighted by Gasteiger charge is -2.06. The second-order valence-electron chi connectivity index (χ2n) is 3.22. The quantitative estimate of drug-likeness (QED) is 0.848. The van der Waals surface area contributed by atoms with Crippen LogP contribution in [-0.4, -0.2) is 9.97 Å². The van der Waals surface area contributed by atoms with Crippen molar-refractivity contribution in [3.8, 4) is 0 Å². The highest BCUT2D eigenvalue weighted by atomic mass is 127. The molecule has 0 aliphatic rings. The molecular formula is C9H13IN2O. The van der Waals surface area contributed by atoms with Crippen LogP contribution in [0.15, 0.2) is 4.79 Å². The van der Waals surface area contributed by atoms with Gasteiger partial charge in [0, 0.05) is 5.92 Å². The minimum absolute atomic E-state index is 0.0175. The maximum Gasteiger partial charge on any atom is 0.264 e. The Bertz CT molecular complexity index is 357. The summed E-state index contributed by atoms with van der Waals surface area (Å²) >= 11 is 2.04. The van der Waals surface area contributed by atoms with Crippen LogP contribution in [0.2, 0.25) is 0 Å². The number of hydrogen-bond donors (Lipinski definition) is 1. The van der Waals surface area contributed by atoms with Gasteiger partial charge >= 0.3 is 0 Å². The van der Waals surface area contributed by atoms with E-state index in [2.05, 4.69) is 9.97 Å². The molecule has 4 heteroatoms. The van der Waals surface area contributed by atoms with Gasteiger partial charge in [0.25, 0.3) is 5.56 Å². The molecule has 0 saturated carbocycles. The van der Waals surface area contributed by atoms with E-state index in [9.17, 15) is 4.79 Å². The topological polar surface area (TPSA) is 45.8 Å². The Morgan fingerprint density at radius 1 is 1.54 bits per heavy atom. The summed E-state index contributed by atoms with van der Waals surface area (Å²) in [6.07, 6.45) is 0.807. The molecule has 0 aliphatic carbocycles. The Morgan fingerprint density at radius 3 is 2.62 bits per heavy atom. The minimum Gasteiger partial charge on any atom is -0.309 e. The Kier molecular flexibility index (Phi) is 3.47. The van der Waals surface area contributed by atoms with E-state index in [1.165, 1.54) is 0 Å². The summed E-state index contributed by atoms with van der Waals surface area (Å²) in [5, 5.41) is 0. The lowest BCUT2D eigenvalue weighted by molar-refractivity contribution is 0.746. The molecule has 1 aromatic heterocycles. The van der Waals surface area contributed by atoms with Gasteiger partial charge in [0.05, 0.1) is 9.26 Å². The summed E-state index contributed by atoms with van der Waals surface area (Å²) in [6, 6.07) is 0. The lowest BCUT2D eigenvalue weighted by Crippen LogP contribution is -2.18. The van der Waals surface area contributed by atoms with Crippen molar-refractivity contribution in [2.75, 3.05) is 0 Å². The summed E-state index contributed by atoms with van der Waals surface area (Å²) in [5.74, 6) is 1.05. The van der Waals surface area contributed by atoms with Gasteiger partial charge in [0.1, 0.15) is 5.82 Å². The molecule has 13 heavy (non-hydrogen) atoms. The number of aryl methyl sites for hydroxylation is 1. The Hall–Kier alpha value is -0.390. The zero-order chi connectivity index (χ0) is 10.0. The third-order valence-electron chi connectivity index (χ3n) is 1.83. The van der Waals surface area contributed by atoms with Crippen molar-refractivity contribution in [3.05, 3.63) is 25.4 Å². The second-order valence-corrected chi connectivity index (χ2v) is 4.30. The van der Waals surface area contributed by atoms with Crippen molar-refractivity contribution in [1.29, 1.82) is 0 Å². The predicted octanol–water partition coefficient (Wildman–Crippen LogP) is 2.06.